The molecule has 0 aliphatic carbocycles. The van der Waals surface area contributed by atoms with E-state index in [1.54, 1.807) is 0 Å². The first-order valence-corrected chi connectivity index (χ1v) is 5.76. The zero-order chi connectivity index (χ0) is 11.5. The monoisotopic (exact) mass is 238 g/mol. The van der Waals surface area contributed by atoms with Crippen molar-refractivity contribution in [2.24, 2.45) is 0 Å². The van der Waals surface area contributed by atoms with E-state index in [0.717, 1.165) is 6.42 Å². The molecular formula is C9H12F2O3S. The van der Waals surface area contributed by atoms with Crippen LogP contribution in [0.4, 0.5) is 8.78 Å². The Morgan fingerprint density at radius 1 is 1.53 bits per heavy atom. The highest BCUT2D eigenvalue weighted by atomic mass is 32.2. The normalized spacial score (nSPS) is 21.4. The van der Waals surface area contributed by atoms with E-state index in [-0.39, 0.29) is 6.61 Å². The second-order valence-electron chi connectivity index (χ2n) is 3.16. The molecule has 3 nitrogen and oxygen atoms in total. The molecule has 0 spiro atoms. The lowest BCUT2D eigenvalue weighted by Gasteiger charge is -2.16. The predicted molar refractivity (Wildman–Crippen MR) is 52.1 cm³/mol. The van der Waals surface area contributed by atoms with Gasteiger partial charge in [0.25, 0.3) is 0 Å². The molecule has 1 fully saturated rings. The standard InChI is InChI=1S/C9H12F2O3S/c1-2-14-8(13)9(10,11)7(12)6-4-3-5-15-6/h6H,2-5H2,1H3. The zero-order valence-corrected chi connectivity index (χ0v) is 9.11. The van der Waals surface area contributed by atoms with Crippen molar-refractivity contribution in [1.29, 1.82) is 0 Å². The van der Waals surface area contributed by atoms with Crippen molar-refractivity contribution >= 4 is 23.5 Å². The van der Waals surface area contributed by atoms with Crippen molar-refractivity contribution < 1.29 is 23.1 Å². The quantitative estimate of drug-likeness (QED) is 0.551. The molecular weight excluding hydrogens is 226 g/mol. The molecule has 1 rings (SSSR count). The van der Waals surface area contributed by atoms with Gasteiger partial charge < -0.3 is 4.74 Å². The molecule has 0 amide bonds. The topological polar surface area (TPSA) is 43.4 Å². The van der Waals surface area contributed by atoms with Gasteiger partial charge in [0.2, 0.25) is 5.78 Å². The van der Waals surface area contributed by atoms with Crippen molar-refractivity contribution in [1.82, 2.24) is 0 Å². The van der Waals surface area contributed by atoms with Gasteiger partial charge in [-0.2, -0.15) is 20.5 Å². The molecule has 0 aromatic rings. The Balaban J connectivity index is 2.66. The van der Waals surface area contributed by atoms with E-state index in [1.165, 1.54) is 18.7 Å². The van der Waals surface area contributed by atoms with Crippen LogP contribution < -0.4 is 0 Å². The Morgan fingerprint density at radius 2 is 2.20 bits per heavy atom. The lowest BCUT2D eigenvalue weighted by Crippen LogP contribution is -2.43. The Morgan fingerprint density at radius 3 is 2.67 bits per heavy atom. The number of thioether (sulfide) groups is 1. The molecule has 15 heavy (non-hydrogen) atoms. The maximum Gasteiger partial charge on any atom is 0.400 e. The maximum absolute atomic E-state index is 13.2. The number of halogens is 2. The number of hydrogen-bond acceptors (Lipinski definition) is 4. The fourth-order valence-electron chi connectivity index (χ4n) is 1.31. The number of carbonyl (C=O) groups is 2. The van der Waals surface area contributed by atoms with Crippen LogP contribution in [0.1, 0.15) is 19.8 Å². The van der Waals surface area contributed by atoms with Crippen molar-refractivity contribution in [2.45, 2.75) is 30.9 Å². The third kappa shape index (κ3) is 2.68. The molecule has 0 saturated carbocycles. The molecule has 1 saturated heterocycles. The van der Waals surface area contributed by atoms with E-state index in [4.69, 9.17) is 0 Å². The van der Waals surface area contributed by atoms with Gasteiger partial charge in [0.05, 0.1) is 11.9 Å². The summed E-state index contributed by atoms with van der Waals surface area (Å²) in [5.74, 6) is -6.35. The second kappa shape index (κ2) is 4.92. The van der Waals surface area contributed by atoms with Crippen LogP contribution in [0.25, 0.3) is 0 Å². The molecule has 1 unspecified atom stereocenters. The van der Waals surface area contributed by atoms with E-state index in [1.807, 2.05) is 0 Å². The minimum atomic E-state index is -3.99. The van der Waals surface area contributed by atoms with E-state index in [9.17, 15) is 18.4 Å². The van der Waals surface area contributed by atoms with Gasteiger partial charge in [0.1, 0.15) is 0 Å². The van der Waals surface area contributed by atoms with Crippen molar-refractivity contribution in [3.8, 4) is 0 Å². The highest BCUT2D eigenvalue weighted by Crippen LogP contribution is 2.32. The molecule has 1 atom stereocenters. The number of carbonyl (C=O) groups excluding carboxylic acids is 2. The summed E-state index contributed by atoms with van der Waals surface area (Å²) in [6.07, 6.45) is 1.15. The predicted octanol–water partition coefficient (Wildman–Crippen LogP) is 1.65. The summed E-state index contributed by atoms with van der Waals surface area (Å²) >= 11 is 1.18. The van der Waals surface area contributed by atoms with Gasteiger partial charge in [-0.15, -0.1) is 0 Å². The molecule has 1 aliphatic heterocycles. The first-order chi connectivity index (χ1) is 7.00. The summed E-state index contributed by atoms with van der Waals surface area (Å²) in [4.78, 5) is 22.2. The number of alkyl halides is 2. The number of rotatable bonds is 4. The molecule has 1 aliphatic rings. The number of ketones is 1. The molecule has 0 aromatic carbocycles. The summed E-state index contributed by atoms with van der Waals surface area (Å²) < 4.78 is 30.6. The summed E-state index contributed by atoms with van der Waals surface area (Å²) in [5.41, 5.74) is 0. The fourth-order valence-corrected chi connectivity index (χ4v) is 2.56. The van der Waals surface area contributed by atoms with Gasteiger partial charge in [-0.3, -0.25) is 4.79 Å². The average molecular weight is 238 g/mol. The molecule has 86 valence electrons. The zero-order valence-electron chi connectivity index (χ0n) is 8.29. The van der Waals surface area contributed by atoms with Crippen molar-refractivity contribution in [3.63, 3.8) is 0 Å². The van der Waals surface area contributed by atoms with Crippen LogP contribution in [0.5, 0.6) is 0 Å². The largest absolute Gasteiger partial charge is 0.461 e. The number of esters is 1. The minimum absolute atomic E-state index is 0.153. The number of ether oxygens (including phenoxy) is 1. The highest BCUT2D eigenvalue weighted by molar-refractivity contribution is 8.00. The molecule has 0 N–H and O–H groups in total. The van der Waals surface area contributed by atoms with Crippen LogP contribution in [0.2, 0.25) is 0 Å². The van der Waals surface area contributed by atoms with Gasteiger partial charge in [-0.1, -0.05) is 0 Å². The van der Waals surface area contributed by atoms with Crippen LogP contribution in [0, 0.1) is 0 Å². The smallest absolute Gasteiger partial charge is 0.400 e. The van der Waals surface area contributed by atoms with Gasteiger partial charge in [0, 0.05) is 0 Å². The molecule has 0 aromatic heterocycles. The van der Waals surface area contributed by atoms with Crippen LogP contribution in [0.3, 0.4) is 0 Å². The first kappa shape index (κ1) is 12.4. The summed E-state index contributed by atoms with van der Waals surface area (Å²) in [6, 6.07) is 0. The Kier molecular flexibility index (Phi) is 4.07. The molecule has 0 bridgehead atoms. The van der Waals surface area contributed by atoms with E-state index in [2.05, 4.69) is 4.74 Å². The van der Waals surface area contributed by atoms with E-state index >= 15 is 0 Å². The van der Waals surface area contributed by atoms with Crippen LogP contribution >= 0.6 is 11.8 Å². The summed E-state index contributed by atoms with van der Waals surface area (Å²) in [5, 5.41) is -0.760. The Bertz CT molecular complexity index is 262. The van der Waals surface area contributed by atoms with Crippen molar-refractivity contribution in [3.05, 3.63) is 0 Å². The summed E-state index contributed by atoms with van der Waals surface area (Å²) in [6.45, 7) is 1.27. The van der Waals surface area contributed by atoms with Crippen molar-refractivity contribution in [2.75, 3.05) is 12.4 Å². The van der Waals surface area contributed by atoms with Crippen LogP contribution in [0.15, 0.2) is 0 Å². The van der Waals surface area contributed by atoms with Gasteiger partial charge >= 0.3 is 11.9 Å². The van der Waals surface area contributed by atoms with E-state index < -0.39 is 22.9 Å². The average Bonchev–Trinajstić information content (AvgIpc) is 2.69. The van der Waals surface area contributed by atoms with Gasteiger partial charge in [0.15, 0.2) is 0 Å². The third-order valence-electron chi connectivity index (χ3n) is 2.06. The first-order valence-electron chi connectivity index (χ1n) is 4.71. The lowest BCUT2D eigenvalue weighted by molar-refractivity contribution is -0.176. The van der Waals surface area contributed by atoms with Gasteiger partial charge in [-0.05, 0) is 25.5 Å². The Hall–Kier alpha value is -0.650. The minimum Gasteiger partial charge on any atom is -0.461 e. The van der Waals surface area contributed by atoms with E-state index in [0.29, 0.717) is 12.2 Å². The van der Waals surface area contributed by atoms with Crippen LogP contribution in [-0.4, -0.2) is 35.3 Å². The van der Waals surface area contributed by atoms with Gasteiger partial charge in [-0.25, -0.2) is 4.79 Å². The fraction of sp³-hybridized carbons (Fsp3) is 0.778. The molecule has 1 heterocycles. The highest BCUT2D eigenvalue weighted by Gasteiger charge is 2.52. The third-order valence-corrected chi connectivity index (χ3v) is 3.44. The Labute approximate surface area is 90.5 Å². The maximum atomic E-state index is 13.2. The molecule has 6 heteroatoms. The lowest BCUT2D eigenvalue weighted by atomic mass is 10.1. The molecule has 0 radical (unpaired) electrons. The summed E-state index contributed by atoms with van der Waals surface area (Å²) in [7, 11) is 0. The SMILES string of the molecule is CCOC(=O)C(F)(F)C(=O)C1CCCS1. The second-order valence-corrected chi connectivity index (χ2v) is 4.47. The number of hydrogen-bond donors (Lipinski definition) is 0. The van der Waals surface area contributed by atoms with Crippen LogP contribution in [-0.2, 0) is 14.3 Å². The number of Topliss-reactive ketones (excluding diaryl/α,β-unsaturated/α-hetero) is 1.